The number of fused-ring (bicyclic) bond motifs is 1. The van der Waals surface area contributed by atoms with Crippen LogP contribution in [-0.4, -0.2) is 42.5 Å². The normalized spacial score (nSPS) is 17.1. The van der Waals surface area contributed by atoms with Crippen LogP contribution in [0.2, 0.25) is 5.15 Å². The van der Waals surface area contributed by atoms with Gasteiger partial charge in [-0.2, -0.15) is 0 Å². The number of halogens is 1. The van der Waals surface area contributed by atoms with Gasteiger partial charge in [0.25, 0.3) is 5.91 Å². The number of anilines is 1. The molecule has 0 aliphatic carbocycles. The van der Waals surface area contributed by atoms with E-state index < -0.39 is 0 Å². The highest BCUT2D eigenvalue weighted by Gasteiger charge is 2.20. The fraction of sp³-hybridized carbons (Fsp3) is 0.308. The lowest BCUT2D eigenvalue weighted by Crippen LogP contribution is -2.31. The van der Waals surface area contributed by atoms with E-state index in [0.29, 0.717) is 23.4 Å². The number of nitrogens with zero attached hydrogens (tertiary/aromatic N) is 2. The minimum Gasteiger partial charge on any atom is -0.383 e. The first-order chi connectivity index (χ1) is 15.5. The number of nitrogen functional groups attached to an aromatic ring is 1. The summed E-state index contributed by atoms with van der Waals surface area (Å²) in [7, 11) is 2.18. The molecular weight excluding hydrogens is 420 g/mol. The van der Waals surface area contributed by atoms with Crippen LogP contribution in [0.25, 0.3) is 22.3 Å². The van der Waals surface area contributed by atoms with Crippen molar-refractivity contribution >= 4 is 23.3 Å². The summed E-state index contributed by atoms with van der Waals surface area (Å²) in [6.45, 7) is 2.94. The molecule has 1 aromatic heterocycles. The highest BCUT2D eigenvalue weighted by atomic mass is 35.5. The SMILES string of the molecule is CN1CCC(c2ccc(-c3cc(-c4ccc5c(c4)CCNC5=O)c(N)nc3Cl)cc2)CC1. The zero-order valence-corrected chi connectivity index (χ0v) is 19.0. The van der Waals surface area contributed by atoms with Crippen molar-refractivity contribution in [2.45, 2.75) is 25.2 Å². The maximum atomic E-state index is 12.1. The number of amides is 1. The van der Waals surface area contributed by atoms with Gasteiger partial charge in [-0.3, -0.25) is 4.79 Å². The zero-order valence-electron chi connectivity index (χ0n) is 18.2. The van der Waals surface area contributed by atoms with Crippen molar-refractivity contribution in [1.29, 1.82) is 0 Å². The Morgan fingerprint density at radius 2 is 1.72 bits per heavy atom. The van der Waals surface area contributed by atoms with Gasteiger partial charge in [-0.05, 0) is 79.7 Å². The second-order valence-corrected chi connectivity index (χ2v) is 9.19. The number of nitrogens with one attached hydrogen (secondary N) is 1. The molecule has 0 saturated carbocycles. The maximum Gasteiger partial charge on any atom is 0.251 e. The Kier molecular flexibility index (Phi) is 5.62. The molecule has 6 heteroatoms. The Bertz CT molecular complexity index is 1170. The van der Waals surface area contributed by atoms with E-state index >= 15 is 0 Å². The Labute approximate surface area is 193 Å². The van der Waals surface area contributed by atoms with Crippen LogP contribution in [-0.2, 0) is 6.42 Å². The molecule has 2 aliphatic rings. The van der Waals surface area contributed by atoms with Crippen LogP contribution in [0, 0.1) is 0 Å². The Morgan fingerprint density at radius 1 is 1.00 bits per heavy atom. The van der Waals surface area contributed by atoms with Crippen LogP contribution in [0.4, 0.5) is 5.82 Å². The van der Waals surface area contributed by atoms with Crippen molar-refractivity contribution in [3.8, 4) is 22.3 Å². The molecule has 0 spiro atoms. The maximum absolute atomic E-state index is 12.1. The second-order valence-electron chi connectivity index (χ2n) is 8.84. The van der Waals surface area contributed by atoms with Crippen LogP contribution in [0.5, 0.6) is 0 Å². The summed E-state index contributed by atoms with van der Waals surface area (Å²) in [6.07, 6.45) is 3.20. The van der Waals surface area contributed by atoms with E-state index in [1.165, 1.54) is 18.4 Å². The summed E-state index contributed by atoms with van der Waals surface area (Å²) in [5.74, 6) is 0.982. The molecule has 2 aliphatic heterocycles. The van der Waals surface area contributed by atoms with E-state index in [2.05, 4.69) is 46.5 Å². The van der Waals surface area contributed by atoms with Gasteiger partial charge in [0.15, 0.2) is 0 Å². The number of hydrogen-bond acceptors (Lipinski definition) is 4. The molecule has 2 aromatic carbocycles. The molecule has 5 rings (SSSR count). The van der Waals surface area contributed by atoms with E-state index in [4.69, 9.17) is 17.3 Å². The molecule has 1 saturated heterocycles. The molecular formula is C26H27ClN4O. The van der Waals surface area contributed by atoms with Gasteiger partial charge in [-0.1, -0.05) is 48.0 Å². The van der Waals surface area contributed by atoms with E-state index in [9.17, 15) is 4.79 Å². The number of piperidine rings is 1. The van der Waals surface area contributed by atoms with Gasteiger partial charge in [-0.15, -0.1) is 0 Å². The lowest BCUT2D eigenvalue weighted by Gasteiger charge is -2.29. The molecule has 164 valence electrons. The van der Waals surface area contributed by atoms with Crippen molar-refractivity contribution in [3.63, 3.8) is 0 Å². The van der Waals surface area contributed by atoms with Crippen LogP contribution >= 0.6 is 11.6 Å². The van der Waals surface area contributed by atoms with Gasteiger partial charge < -0.3 is 16.0 Å². The van der Waals surface area contributed by atoms with Gasteiger partial charge >= 0.3 is 0 Å². The predicted molar refractivity (Wildman–Crippen MR) is 130 cm³/mol. The van der Waals surface area contributed by atoms with Crippen LogP contribution in [0.3, 0.4) is 0 Å². The first-order valence-corrected chi connectivity index (χ1v) is 11.5. The minimum absolute atomic E-state index is 0.0228. The summed E-state index contributed by atoms with van der Waals surface area (Å²) < 4.78 is 0. The van der Waals surface area contributed by atoms with Crippen LogP contribution < -0.4 is 11.1 Å². The predicted octanol–water partition coefficient (Wildman–Crippen LogP) is 4.75. The number of hydrogen-bond donors (Lipinski definition) is 2. The average Bonchev–Trinajstić information content (AvgIpc) is 2.80. The van der Waals surface area contributed by atoms with E-state index in [0.717, 1.165) is 52.9 Å². The molecule has 0 unspecified atom stereocenters. The monoisotopic (exact) mass is 446 g/mol. The summed E-state index contributed by atoms with van der Waals surface area (Å²) >= 11 is 6.51. The summed E-state index contributed by atoms with van der Waals surface area (Å²) in [5.41, 5.74) is 13.1. The van der Waals surface area contributed by atoms with Crippen molar-refractivity contribution in [2.24, 2.45) is 0 Å². The van der Waals surface area contributed by atoms with Gasteiger partial charge in [0.1, 0.15) is 11.0 Å². The first kappa shape index (κ1) is 21.0. The Hall–Kier alpha value is -2.89. The zero-order chi connectivity index (χ0) is 22.2. The number of benzene rings is 2. The van der Waals surface area contributed by atoms with Crippen molar-refractivity contribution in [1.82, 2.24) is 15.2 Å². The highest BCUT2D eigenvalue weighted by molar-refractivity contribution is 6.32. The van der Waals surface area contributed by atoms with Crippen molar-refractivity contribution in [3.05, 3.63) is 70.4 Å². The molecule has 3 aromatic rings. The van der Waals surface area contributed by atoms with Gasteiger partial charge in [0, 0.05) is 23.2 Å². The fourth-order valence-corrected chi connectivity index (χ4v) is 5.06. The molecule has 5 nitrogen and oxygen atoms in total. The van der Waals surface area contributed by atoms with Gasteiger partial charge in [0.05, 0.1) is 0 Å². The lowest BCUT2D eigenvalue weighted by atomic mass is 9.88. The third kappa shape index (κ3) is 3.98. The van der Waals surface area contributed by atoms with Crippen LogP contribution in [0.15, 0.2) is 48.5 Å². The topological polar surface area (TPSA) is 71.2 Å². The molecule has 0 radical (unpaired) electrons. The number of pyridine rings is 1. The van der Waals surface area contributed by atoms with E-state index in [-0.39, 0.29) is 5.91 Å². The number of rotatable bonds is 3. The molecule has 3 N–H and O–H groups in total. The summed E-state index contributed by atoms with van der Waals surface area (Å²) in [4.78, 5) is 18.9. The summed E-state index contributed by atoms with van der Waals surface area (Å²) in [5, 5.41) is 3.28. The molecule has 0 atom stereocenters. The van der Waals surface area contributed by atoms with Crippen LogP contribution in [0.1, 0.15) is 40.2 Å². The third-order valence-corrected chi connectivity index (χ3v) is 7.05. The summed E-state index contributed by atoms with van der Waals surface area (Å²) in [6, 6.07) is 16.6. The lowest BCUT2D eigenvalue weighted by molar-refractivity contribution is 0.0946. The number of likely N-dealkylation sites (tertiary alicyclic amines) is 1. The molecule has 3 heterocycles. The second kappa shape index (κ2) is 8.57. The third-order valence-electron chi connectivity index (χ3n) is 6.76. The largest absolute Gasteiger partial charge is 0.383 e. The Morgan fingerprint density at radius 3 is 2.47 bits per heavy atom. The van der Waals surface area contributed by atoms with E-state index in [1.807, 2.05) is 24.3 Å². The molecule has 1 fully saturated rings. The van der Waals surface area contributed by atoms with Gasteiger partial charge in [0.2, 0.25) is 0 Å². The van der Waals surface area contributed by atoms with Crippen molar-refractivity contribution < 1.29 is 4.79 Å². The number of nitrogens with two attached hydrogens (primary N) is 1. The van der Waals surface area contributed by atoms with Gasteiger partial charge in [-0.25, -0.2) is 4.98 Å². The fourth-order valence-electron chi connectivity index (χ4n) is 4.81. The smallest absolute Gasteiger partial charge is 0.251 e. The molecule has 32 heavy (non-hydrogen) atoms. The Balaban J connectivity index is 1.47. The number of aromatic nitrogens is 1. The standard InChI is InChI=1S/C26H27ClN4O/c1-31-12-9-17(10-13-31)16-2-4-18(5-3-16)22-15-23(25(28)30-24(22)27)19-6-7-21-20(14-19)8-11-29-26(21)32/h2-7,14-15,17H,8-13H2,1H3,(H2,28,30)(H,29,32). The minimum atomic E-state index is -0.0228. The average molecular weight is 447 g/mol. The van der Waals surface area contributed by atoms with E-state index in [1.54, 1.807) is 0 Å². The first-order valence-electron chi connectivity index (χ1n) is 11.2. The number of carbonyl (C=O) groups excluding carboxylic acids is 1. The highest BCUT2D eigenvalue weighted by Crippen LogP contribution is 2.36. The number of carbonyl (C=O) groups is 1. The molecule has 0 bridgehead atoms. The van der Waals surface area contributed by atoms with Crippen molar-refractivity contribution in [2.75, 3.05) is 32.4 Å². The quantitative estimate of drug-likeness (QED) is 0.570. The molecule has 1 amide bonds.